The second-order valence-corrected chi connectivity index (χ2v) is 6.11. The number of ether oxygens (including phenoxy) is 1. The summed E-state index contributed by atoms with van der Waals surface area (Å²) in [5.74, 6) is 0. The van der Waals surface area contributed by atoms with Crippen molar-refractivity contribution in [1.82, 2.24) is 4.31 Å². The van der Waals surface area contributed by atoms with E-state index in [0.29, 0.717) is 12.2 Å². The average molecular weight is 273 g/mol. The molecule has 0 saturated heterocycles. The molecule has 0 fully saturated rings. The molecule has 0 saturated carbocycles. The lowest BCUT2D eigenvalue weighted by Crippen LogP contribution is -2.30. The van der Waals surface area contributed by atoms with Crippen LogP contribution in [0.4, 0.5) is 0 Å². The van der Waals surface area contributed by atoms with Gasteiger partial charge in [-0.3, -0.25) is 0 Å². The van der Waals surface area contributed by atoms with Gasteiger partial charge >= 0.3 is 0 Å². The van der Waals surface area contributed by atoms with Gasteiger partial charge in [-0.05, 0) is 24.6 Å². The zero-order valence-corrected chi connectivity index (χ0v) is 11.6. The minimum atomic E-state index is -3.53. The maximum atomic E-state index is 12.2. The van der Waals surface area contributed by atoms with Crippen molar-refractivity contribution < 1.29 is 18.3 Å². The smallest absolute Gasteiger partial charge is 0.242 e. The Morgan fingerprint density at radius 1 is 1.44 bits per heavy atom. The van der Waals surface area contributed by atoms with Crippen LogP contribution < -0.4 is 0 Å². The quantitative estimate of drug-likeness (QED) is 0.840. The fraction of sp³-hybridized carbons (Fsp3) is 0.500. The highest BCUT2D eigenvalue weighted by molar-refractivity contribution is 7.89. The molecule has 1 unspecified atom stereocenters. The monoisotopic (exact) mass is 273 g/mol. The molecule has 102 valence electrons. The van der Waals surface area contributed by atoms with E-state index in [4.69, 9.17) is 4.74 Å². The van der Waals surface area contributed by atoms with Gasteiger partial charge in [-0.2, -0.15) is 4.31 Å². The van der Waals surface area contributed by atoms with E-state index in [0.717, 1.165) is 0 Å². The van der Waals surface area contributed by atoms with Gasteiger partial charge in [0, 0.05) is 20.7 Å². The molecule has 0 aliphatic rings. The molecule has 1 aromatic carbocycles. The number of benzene rings is 1. The highest BCUT2D eigenvalue weighted by Gasteiger charge is 2.20. The number of rotatable bonds is 6. The van der Waals surface area contributed by atoms with Crippen LogP contribution in [0.25, 0.3) is 0 Å². The van der Waals surface area contributed by atoms with E-state index in [9.17, 15) is 13.5 Å². The fourth-order valence-electron chi connectivity index (χ4n) is 1.45. The highest BCUT2D eigenvalue weighted by atomic mass is 32.2. The lowest BCUT2D eigenvalue weighted by Gasteiger charge is -2.17. The van der Waals surface area contributed by atoms with Crippen molar-refractivity contribution in [2.45, 2.75) is 17.9 Å². The van der Waals surface area contributed by atoms with E-state index < -0.39 is 16.1 Å². The van der Waals surface area contributed by atoms with Crippen LogP contribution in [0, 0.1) is 0 Å². The molecule has 6 heteroatoms. The van der Waals surface area contributed by atoms with Crippen molar-refractivity contribution >= 4 is 10.0 Å². The second-order valence-electron chi connectivity index (χ2n) is 4.07. The third kappa shape index (κ3) is 3.52. The number of hydrogen-bond acceptors (Lipinski definition) is 4. The van der Waals surface area contributed by atoms with E-state index in [2.05, 4.69) is 0 Å². The summed E-state index contributed by atoms with van der Waals surface area (Å²) >= 11 is 0. The van der Waals surface area contributed by atoms with Crippen molar-refractivity contribution in [3.05, 3.63) is 29.8 Å². The Balaban J connectivity index is 3.01. The van der Waals surface area contributed by atoms with Crippen molar-refractivity contribution in [2.24, 2.45) is 0 Å². The molecule has 0 heterocycles. The molecule has 0 amide bonds. The van der Waals surface area contributed by atoms with Gasteiger partial charge in [0.05, 0.1) is 17.6 Å². The van der Waals surface area contributed by atoms with Crippen LogP contribution in [0.3, 0.4) is 0 Å². The van der Waals surface area contributed by atoms with Crippen LogP contribution in [0.2, 0.25) is 0 Å². The zero-order valence-electron chi connectivity index (χ0n) is 10.8. The van der Waals surface area contributed by atoms with Crippen molar-refractivity contribution in [2.75, 3.05) is 27.3 Å². The molecular formula is C12H19NO4S. The first-order chi connectivity index (χ1) is 8.39. The predicted molar refractivity (Wildman–Crippen MR) is 68.8 cm³/mol. The number of likely N-dealkylation sites (N-methyl/N-ethyl adjacent to an activating group) is 1. The van der Waals surface area contributed by atoms with E-state index in [1.165, 1.54) is 30.6 Å². The molecule has 0 radical (unpaired) electrons. The molecule has 0 aliphatic carbocycles. The molecule has 0 aliphatic heterocycles. The van der Waals surface area contributed by atoms with Crippen LogP contribution in [-0.4, -0.2) is 45.1 Å². The van der Waals surface area contributed by atoms with Gasteiger partial charge in [-0.25, -0.2) is 8.42 Å². The molecule has 1 rings (SSSR count). The van der Waals surface area contributed by atoms with Gasteiger partial charge in [0.15, 0.2) is 0 Å². The second kappa shape index (κ2) is 6.29. The Morgan fingerprint density at radius 2 is 2.11 bits per heavy atom. The number of aliphatic hydroxyl groups excluding tert-OH is 1. The Bertz CT molecular complexity index is 485. The van der Waals surface area contributed by atoms with Gasteiger partial charge in [-0.1, -0.05) is 12.1 Å². The van der Waals surface area contributed by atoms with Gasteiger partial charge in [0.2, 0.25) is 10.0 Å². The molecule has 1 N–H and O–H groups in total. The lowest BCUT2D eigenvalue weighted by atomic mass is 10.1. The van der Waals surface area contributed by atoms with Crippen LogP contribution >= 0.6 is 0 Å². The summed E-state index contributed by atoms with van der Waals surface area (Å²) in [6, 6.07) is 6.33. The molecule has 18 heavy (non-hydrogen) atoms. The number of sulfonamides is 1. The Morgan fingerprint density at radius 3 is 2.67 bits per heavy atom. The third-order valence-corrected chi connectivity index (χ3v) is 4.51. The standard InChI is InChI=1S/C12H19NO4S/c1-10(14)11-5-4-6-12(9-11)18(15,16)13(2)7-8-17-3/h4-6,9-10,14H,7-8H2,1-3H3. The lowest BCUT2D eigenvalue weighted by molar-refractivity contribution is 0.185. The fourth-order valence-corrected chi connectivity index (χ4v) is 2.67. The van der Waals surface area contributed by atoms with Crippen LogP contribution in [0.5, 0.6) is 0 Å². The highest BCUT2D eigenvalue weighted by Crippen LogP contribution is 2.19. The normalized spacial score (nSPS) is 13.8. The van der Waals surface area contributed by atoms with Crippen molar-refractivity contribution in [3.63, 3.8) is 0 Å². The van der Waals surface area contributed by atoms with Gasteiger partial charge in [0.25, 0.3) is 0 Å². The molecular weight excluding hydrogens is 254 g/mol. The third-order valence-electron chi connectivity index (χ3n) is 2.66. The molecule has 0 aromatic heterocycles. The van der Waals surface area contributed by atoms with E-state index in [1.54, 1.807) is 19.1 Å². The summed E-state index contributed by atoms with van der Waals surface area (Å²) in [4.78, 5) is 0.180. The minimum absolute atomic E-state index is 0.180. The van der Waals surface area contributed by atoms with Crippen LogP contribution in [0.15, 0.2) is 29.2 Å². The first-order valence-corrected chi connectivity index (χ1v) is 7.07. The first kappa shape index (κ1) is 15.1. The minimum Gasteiger partial charge on any atom is -0.389 e. The number of aliphatic hydroxyl groups is 1. The molecule has 5 nitrogen and oxygen atoms in total. The summed E-state index contributed by atoms with van der Waals surface area (Å²) in [5.41, 5.74) is 0.580. The van der Waals surface area contributed by atoms with Gasteiger partial charge in [-0.15, -0.1) is 0 Å². The van der Waals surface area contributed by atoms with E-state index in [-0.39, 0.29) is 11.4 Å². The average Bonchev–Trinajstić information content (AvgIpc) is 2.35. The first-order valence-electron chi connectivity index (χ1n) is 5.63. The number of nitrogens with zero attached hydrogens (tertiary/aromatic N) is 1. The van der Waals surface area contributed by atoms with Crippen LogP contribution in [-0.2, 0) is 14.8 Å². The maximum Gasteiger partial charge on any atom is 0.242 e. The summed E-state index contributed by atoms with van der Waals surface area (Å²) in [6.07, 6.45) is -0.690. The summed E-state index contributed by atoms with van der Waals surface area (Å²) in [7, 11) is -0.499. The van der Waals surface area contributed by atoms with Gasteiger partial charge < -0.3 is 9.84 Å². The Hall–Kier alpha value is -0.950. The topological polar surface area (TPSA) is 66.8 Å². The zero-order chi connectivity index (χ0) is 13.8. The number of methoxy groups -OCH3 is 1. The van der Waals surface area contributed by atoms with Crippen molar-refractivity contribution in [1.29, 1.82) is 0 Å². The maximum absolute atomic E-state index is 12.2. The van der Waals surface area contributed by atoms with Crippen LogP contribution in [0.1, 0.15) is 18.6 Å². The largest absolute Gasteiger partial charge is 0.389 e. The van der Waals surface area contributed by atoms with E-state index >= 15 is 0 Å². The summed E-state index contributed by atoms with van der Waals surface area (Å²) in [5, 5.41) is 9.47. The molecule has 1 atom stereocenters. The summed E-state index contributed by atoms with van der Waals surface area (Å²) in [6.45, 7) is 2.23. The SMILES string of the molecule is COCCN(C)S(=O)(=O)c1cccc(C(C)O)c1. The predicted octanol–water partition coefficient (Wildman–Crippen LogP) is 1.01. The summed E-state index contributed by atoms with van der Waals surface area (Å²) < 4.78 is 30.5. The molecule has 1 aromatic rings. The Labute approximate surface area is 108 Å². The van der Waals surface area contributed by atoms with E-state index in [1.807, 2.05) is 0 Å². The Kier molecular flexibility index (Phi) is 5.28. The number of hydrogen-bond donors (Lipinski definition) is 1. The van der Waals surface area contributed by atoms with Gasteiger partial charge in [0.1, 0.15) is 0 Å². The van der Waals surface area contributed by atoms with Crippen molar-refractivity contribution in [3.8, 4) is 0 Å². The molecule has 0 spiro atoms. The molecule has 0 bridgehead atoms.